The molecule has 2 fully saturated rings. The molecule has 2 aliphatic heterocycles. The van der Waals surface area contributed by atoms with Crippen LogP contribution in [0.5, 0.6) is 0 Å². The number of likely N-dealkylation sites (tertiary alicyclic amines) is 1. The number of amides is 1. The van der Waals surface area contributed by atoms with E-state index >= 15 is 0 Å². The molecule has 0 saturated carbocycles. The minimum absolute atomic E-state index is 0.153. The van der Waals surface area contributed by atoms with Crippen molar-refractivity contribution in [2.75, 3.05) is 51.7 Å². The summed E-state index contributed by atoms with van der Waals surface area (Å²) in [6.45, 7) is 9.24. The van der Waals surface area contributed by atoms with Crippen LogP contribution in [0.3, 0.4) is 0 Å². The molecule has 7 nitrogen and oxygen atoms in total. The van der Waals surface area contributed by atoms with E-state index in [9.17, 15) is 9.59 Å². The lowest BCUT2D eigenvalue weighted by molar-refractivity contribution is -0.129. The summed E-state index contributed by atoms with van der Waals surface area (Å²) in [4.78, 5) is 34.2. The van der Waals surface area contributed by atoms with Gasteiger partial charge in [-0.25, -0.2) is 4.79 Å². The quantitative estimate of drug-likeness (QED) is 0.482. The van der Waals surface area contributed by atoms with Crippen molar-refractivity contribution in [2.24, 2.45) is 5.92 Å². The molecule has 1 aromatic heterocycles. The van der Waals surface area contributed by atoms with Crippen LogP contribution in [0.4, 0.5) is 0 Å². The molecule has 1 amide bonds. The number of aromatic nitrogens is 2. The van der Waals surface area contributed by atoms with Gasteiger partial charge >= 0.3 is 5.69 Å². The van der Waals surface area contributed by atoms with Crippen molar-refractivity contribution in [3.63, 3.8) is 0 Å². The maximum Gasteiger partial charge on any atom is 0.348 e. The van der Waals surface area contributed by atoms with Crippen LogP contribution in [-0.2, 0) is 28.9 Å². The fourth-order valence-electron chi connectivity index (χ4n) is 4.69. The van der Waals surface area contributed by atoms with E-state index in [0.29, 0.717) is 11.7 Å². The number of hydrogen-bond donors (Lipinski definition) is 0. The van der Waals surface area contributed by atoms with Crippen LogP contribution in [-0.4, -0.2) is 76.9 Å². The fraction of sp³-hybridized carbons (Fsp3) is 0.773. The van der Waals surface area contributed by atoms with Gasteiger partial charge in [0.25, 0.3) is 0 Å². The molecular formula is C22H34N4O3S. The lowest BCUT2D eigenvalue weighted by Crippen LogP contribution is -2.39. The highest BCUT2D eigenvalue weighted by Crippen LogP contribution is 2.29. The predicted molar refractivity (Wildman–Crippen MR) is 118 cm³/mol. The molecular weight excluding hydrogens is 400 g/mol. The van der Waals surface area contributed by atoms with Gasteiger partial charge in [0, 0.05) is 50.5 Å². The molecule has 30 heavy (non-hydrogen) atoms. The van der Waals surface area contributed by atoms with E-state index in [1.165, 1.54) is 17.3 Å². The van der Waals surface area contributed by atoms with Crippen molar-refractivity contribution in [3.05, 3.63) is 21.7 Å². The second kappa shape index (κ2) is 10.3. The van der Waals surface area contributed by atoms with E-state index < -0.39 is 0 Å². The molecule has 2 saturated heterocycles. The summed E-state index contributed by atoms with van der Waals surface area (Å²) in [6, 6.07) is 0. The average molecular weight is 435 g/mol. The first-order chi connectivity index (χ1) is 14.6. The Morgan fingerprint density at radius 3 is 2.67 bits per heavy atom. The highest BCUT2D eigenvalue weighted by molar-refractivity contribution is 7.99. The minimum atomic E-state index is -0.153. The van der Waals surface area contributed by atoms with E-state index in [1.54, 1.807) is 0 Å². The molecule has 1 aromatic rings. The van der Waals surface area contributed by atoms with Crippen LogP contribution in [0.15, 0.2) is 9.82 Å². The predicted octanol–water partition coefficient (Wildman–Crippen LogP) is 1.80. The first-order valence-electron chi connectivity index (χ1n) is 11.4. The largest absolute Gasteiger partial charge is 0.379 e. The summed E-state index contributed by atoms with van der Waals surface area (Å²) in [5, 5.41) is 0.788. The molecule has 0 bridgehead atoms. The number of hydrogen-bond acceptors (Lipinski definition) is 6. The van der Waals surface area contributed by atoms with Crippen LogP contribution in [0.25, 0.3) is 0 Å². The summed E-state index contributed by atoms with van der Waals surface area (Å²) >= 11 is 1.46. The monoisotopic (exact) mass is 434 g/mol. The topological polar surface area (TPSA) is 67.7 Å². The molecule has 3 aliphatic rings. The Morgan fingerprint density at radius 2 is 1.90 bits per heavy atom. The van der Waals surface area contributed by atoms with Gasteiger partial charge in [-0.1, -0.05) is 18.7 Å². The van der Waals surface area contributed by atoms with Gasteiger partial charge in [0.05, 0.1) is 19.0 Å². The zero-order valence-corrected chi connectivity index (χ0v) is 18.9. The third-order valence-corrected chi connectivity index (χ3v) is 7.63. The first-order valence-corrected chi connectivity index (χ1v) is 12.4. The first kappa shape index (κ1) is 21.8. The molecule has 1 aliphatic carbocycles. The van der Waals surface area contributed by atoms with Gasteiger partial charge in [-0.2, -0.15) is 4.98 Å². The van der Waals surface area contributed by atoms with Gasteiger partial charge in [-0.15, -0.1) is 0 Å². The molecule has 8 heteroatoms. The number of carbonyl (C=O) groups excluding carboxylic acids is 1. The summed E-state index contributed by atoms with van der Waals surface area (Å²) in [6.07, 6.45) is 6.09. The van der Waals surface area contributed by atoms with Gasteiger partial charge in [0.1, 0.15) is 5.03 Å². The zero-order valence-electron chi connectivity index (χ0n) is 18.1. The third kappa shape index (κ3) is 5.26. The highest BCUT2D eigenvalue weighted by Gasteiger charge is 2.24. The number of ether oxygens (including phenoxy) is 1. The van der Waals surface area contributed by atoms with E-state index in [0.717, 1.165) is 102 Å². The Balaban J connectivity index is 1.36. The Hall–Kier alpha value is -1.38. The Bertz CT molecular complexity index is 798. The normalized spacial score (nSPS) is 20.5. The summed E-state index contributed by atoms with van der Waals surface area (Å²) in [5.41, 5.74) is 2.20. The number of nitrogens with zero attached hydrogens (tertiary/aromatic N) is 4. The molecule has 0 spiro atoms. The van der Waals surface area contributed by atoms with Crippen molar-refractivity contribution < 1.29 is 9.53 Å². The van der Waals surface area contributed by atoms with Crippen LogP contribution >= 0.6 is 11.8 Å². The number of piperidine rings is 1. The van der Waals surface area contributed by atoms with Crippen molar-refractivity contribution in [1.29, 1.82) is 0 Å². The number of fused-ring (bicyclic) bond motifs is 1. The van der Waals surface area contributed by atoms with Crippen LogP contribution in [0.1, 0.15) is 43.9 Å². The molecule has 4 rings (SSSR count). The highest BCUT2D eigenvalue weighted by atomic mass is 32.2. The van der Waals surface area contributed by atoms with E-state index in [4.69, 9.17) is 4.74 Å². The lowest BCUT2D eigenvalue weighted by Gasteiger charge is -2.30. The molecule has 0 N–H and O–H groups in total. The minimum Gasteiger partial charge on any atom is -0.379 e. The molecule has 0 atom stereocenters. The fourth-order valence-corrected chi connectivity index (χ4v) is 5.67. The van der Waals surface area contributed by atoms with Crippen molar-refractivity contribution >= 4 is 17.7 Å². The maximum atomic E-state index is 12.8. The van der Waals surface area contributed by atoms with Crippen molar-refractivity contribution in [3.8, 4) is 0 Å². The Morgan fingerprint density at radius 1 is 1.13 bits per heavy atom. The van der Waals surface area contributed by atoms with E-state index in [1.807, 2.05) is 9.47 Å². The smallest absolute Gasteiger partial charge is 0.348 e. The molecule has 0 aromatic carbocycles. The summed E-state index contributed by atoms with van der Waals surface area (Å²) < 4.78 is 7.29. The number of carbonyl (C=O) groups is 1. The third-order valence-electron chi connectivity index (χ3n) is 6.63. The number of morpholine rings is 1. The second-order valence-corrected chi connectivity index (χ2v) is 9.75. The van der Waals surface area contributed by atoms with Crippen molar-refractivity contribution in [2.45, 2.75) is 57.0 Å². The lowest BCUT2D eigenvalue weighted by atomic mass is 9.99. The number of thioether (sulfide) groups is 1. The van der Waals surface area contributed by atoms with Crippen LogP contribution < -0.4 is 5.69 Å². The van der Waals surface area contributed by atoms with Gasteiger partial charge in [-0.3, -0.25) is 14.3 Å². The summed E-state index contributed by atoms with van der Waals surface area (Å²) in [5.74, 6) is 1.27. The maximum absolute atomic E-state index is 12.8. The standard InChI is InChI=1S/C22H34N4O3S/c1-17-6-10-25(11-7-17)20(27)16-30-21-18-4-2-5-19(18)26(22(28)23-21)9-3-8-24-12-14-29-15-13-24/h17H,2-16H2,1H3. The SMILES string of the molecule is CC1CCN(C(=O)CSc2nc(=O)n(CCCN3CCOCC3)c3c2CCC3)CC1. The average Bonchev–Trinajstić information content (AvgIpc) is 3.25. The van der Waals surface area contributed by atoms with Crippen LogP contribution in [0.2, 0.25) is 0 Å². The zero-order chi connectivity index (χ0) is 20.9. The van der Waals surface area contributed by atoms with Crippen molar-refractivity contribution in [1.82, 2.24) is 19.4 Å². The Labute approximate surface area is 183 Å². The molecule has 166 valence electrons. The summed E-state index contributed by atoms with van der Waals surface area (Å²) in [7, 11) is 0. The second-order valence-electron chi connectivity index (χ2n) is 8.79. The van der Waals surface area contributed by atoms with E-state index in [-0.39, 0.29) is 11.6 Å². The van der Waals surface area contributed by atoms with Crippen LogP contribution in [0, 0.1) is 5.92 Å². The van der Waals surface area contributed by atoms with Gasteiger partial charge in [0.2, 0.25) is 5.91 Å². The van der Waals surface area contributed by atoms with E-state index in [2.05, 4.69) is 16.8 Å². The van der Waals surface area contributed by atoms with Gasteiger partial charge < -0.3 is 9.64 Å². The molecule has 3 heterocycles. The Kier molecular flexibility index (Phi) is 7.49. The molecule has 0 unspecified atom stereocenters. The van der Waals surface area contributed by atoms with Gasteiger partial charge in [-0.05, 0) is 44.4 Å². The van der Waals surface area contributed by atoms with Gasteiger partial charge in [0.15, 0.2) is 0 Å². The molecule has 0 radical (unpaired) electrons. The number of rotatable bonds is 7.